The summed E-state index contributed by atoms with van der Waals surface area (Å²) < 4.78 is 25.8. The number of hydrogen-bond donors (Lipinski definition) is 1. The SMILES string of the molecule is CC(O)C1CCN(Cc2ccc(F)c(F)c2)C1. The summed E-state index contributed by atoms with van der Waals surface area (Å²) in [4.78, 5) is 2.16. The van der Waals surface area contributed by atoms with Crippen LogP contribution in [-0.2, 0) is 6.54 Å². The van der Waals surface area contributed by atoms with Gasteiger partial charge in [0.05, 0.1) is 6.10 Å². The number of halogens is 2. The average molecular weight is 241 g/mol. The van der Waals surface area contributed by atoms with Gasteiger partial charge in [0.25, 0.3) is 0 Å². The molecule has 1 fully saturated rings. The lowest BCUT2D eigenvalue weighted by atomic mass is 10.0. The van der Waals surface area contributed by atoms with Crippen molar-refractivity contribution in [3.63, 3.8) is 0 Å². The second-order valence-corrected chi connectivity index (χ2v) is 4.77. The Morgan fingerprint density at radius 3 is 2.76 bits per heavy atom. The number of aliphatic hydroxyl groups is 1. The van der Waals surface area contributed by atoms with Gasteiger partial charge in [-0.2, -0.15) is 0 Å². The summed E-state index contributed by atoms with van der Waals surface area (Å²) in [7, 11) is 0. The van der Waals surface area contributed by atoms with Crippen molar-refractivity contribution in [2.24, 2.45) is 5.92 Å². The predicted molar refractivity (Wildman–Crippen MR) is 61.4 cm³/mol. The average Bonchev–Trinajstić information content (AvgIpc) is 2.72. The molecule has 1 aromatic carbocycles. The van der Waals surface area contributed by atoms with E-state index in [0.717, 1.165) is 31.1 Å². The maximum atomic E-state index is 13.0. The third-order valence-electron chi connectivity index (χ3n) is 3.38. The molecule has 0 amide bonds. The Hall–Kier alpha value is -1.00. The quantitative estimate of drug-likeness (QED) is 0.876. The monoisotopic (exact) mass is 241 g/mol. The molecule has 1 N–H and O–H groups in total. The third-order valence-corrected chi connectivity index (χ3v) is 3.38. The van der Waals surface area contributed by atoms with Crippen LogP contribution in [0.5, 0.6) is 0 Å². The van der Waals surface area contributed by atoms with Gasteiger partial charge in [-0.15, -0.1) is 0 Å². The number of rotatable bonds is 3. The van der Waals surface area contributed by atoms with E-state index in [1.165, 1.54) is 6.07 Å². The van der Waals surface area contributed by atoms with Crippen LogP contribution in [0.1, 0.15) is 18.9 Å². The van der Waals surface area contributed by atoms with E-state index < -0.39 is 11.6 Å². The highest BCUT2D eigenvalue weighted by Crippen LogP contribution is 2.21. The third kappa shape index (κ3) is 3.01. The Labute approximate surface area is 99.9 Å². The molecule has 0 radical (unpaired) electrons. The van der Waals surface area contributed by atoms with E-state index in [9.17, 15) is 13.9 Å². The molecule has 0 aromatic heterocycles. The molecule has 0 spiro atoms. The summed E-state index contributed by atoms with van der Waals surface area (Å²) in [6.45, 7) is 4.12. The normalized spacial score (nSPS) is 22.9. The molecule has 2 unspecified atom stereocenters. The van der Waals surface area contributed by atoms with E-state index in [1.54, 1.807) is 13.0 Å². The maximum Gasteiger partial charge on any atom is 0.159 e. The smallest absolute Gasteiger partial charge is 0.159 e. The van der Waals surface area contributed by atoms with Gasteiger partial charge in [0.15, 0.2) is 11.6 Å². The van der Waals surface area contributed by atoms with Gasteiger partial charge in [-0.1, -0.05) is 6.07 Å². The van der Waals surface area contributed by atoms with E-state index in [1.807, 2.05) is 0 Å². The summed E-state index contributed by atoms with van der Waals surface area (Å²) in [6.07, 6.45) is 0.659. The first kappa shape index (κ1) is 12.5. The summed E-state index contributed by atoms with van der Waals surface area (Å²) in [5, 5.41) is 9.48. The molecule has 1 heterocycles. The minimum atomic E-state index is -0.808. The molecule has 2 atom stereocenters. The van der Waals surface area contributed by atoms with Gasteiger partial charge in [0.1, 0.15) is 0 Å². The molecule has 0 saturated carbocycles. The molecule has 1 aliphatic heterocycles. The predicted octanol–water partition coefficient (Wildman–Crippen LogP) is 2.17. The zero-order chi connectivity index (χ0) is 12.4. The van der Waals surface area contributed by atoms with Crippen LogP contribution in [0, 0.1) is 17.6 Å². The van der Waals surface area contributed by atoms with Gasteiger partial charge >= 0.3 is 0 Å². The van der Waals surface area contributed by atoms with Crippen LogP contribution < -0.4 is 0 Å². The van der Waals surface area contributed by atoms with Crippen molar-refractivity contribution < 1.29 is 13.9 Å². The van der Waals surface area contributed by atoms with Crippen LogP contribution in [0.15, 0.2) is 18.2 Å². The summed E-state index contributed by atoms with van der Waals surface area (Å²) in [5.41, 5.74) is 0.773. The molecule has 1 aromatic rings. The number of likely N-dealkylation sites (tertiary alicyclic amines) is 1. The van der Waals surface area contributed by atoms with E-state index in [-0.39, 0.29) is 6.10 Å². The van der Waals surface area contributed by atoms with Gasteiger partial charge in [0.2, 0.25) is 0 Å². The molecule has 1 saturated heterocycles. The van der Waals surface area contributed by atoms with E-state index in [0.29, 0.717) is 12.5 Å². The molecular weight excluding hydrogens is 224 g/mol. The first-order valence-electron chi connectivity index (χ1n) is 5.90. The Morgan fingerprint density at radius 2 is 2.18 bits per heavy atom. The van der Waals surface area contributed by atoms with Gasteiger partial charge in [-0.3, -0.25) is 4.90 Å². The fraction of sp³-hybridized carbons (Fsp3) is 0.538. The second-order valence-electron chi connectivity index (χ2n) is 4.77. The molecule has 0 aliphatic carbocycles. The van der Waals surface area contributed by atoms with Gasteiger partial charge in [0, 0.05) is 13.1 Å². The zero-order valence-corrected chi connectivity index (χ0v) is 9.87. The maximum absolute atomic E-state index is 13.0. The number of hydrogen-bond acceptors (Lipinski definition) is 2. The molecule has 0 bridgehead atoms. The summed E-state index contributed by atoms with van der Waals surface area (Å²) in [6, 6.07) is 4.01. The first-order valence-corrected chi connectivity index (χ1v) is 5.90. The van der Waals surface area contributed by atoms with Crippen molar-refractivity contribution in [2.75, 3.05) is 13.1 Å². The zero-order valence-electron chi connectivity index (χ0n) is 9.87. The molecule has 4 heteroatoms. The fourth-order valence-electron chi connectivity index (χ4n) is 2.30. The number of aliphatic hydroxyl groups excluding tert-OH is 1. The Balaban J connectivity index is 1.96. The molecule has 2 nitrogen and oxygen atoms in total. The van der Waals surface area contributed by atoms with Crippen LogP contribution in [0.4, 0.5) is 8.78 Å². The van der Waals surface area contributed by atoms with Crippen molar-refractivity contribution in [1.82, 2.24) is 4.90 Å². The van der Waals surface area contributed by atoms with Crippen LogP contribution in [-0.4, -0.2) is 29.2 Å². The molecule has 17 heavy (non-hydrogen) atoms. The van der Waals surface area contributed by atoms with E-state index in [2.05, 4.69) is 4.90 Å². The Morgan fingerprint density at radius 1 is 1.41 bits per heavy atom. The number of nitrogens with zero attached hydrogens (tertiary/aromatic N) is 1. The summed E-state index contributed by atoms with van der Waals surface area (Å²) in [5.74, 6) is -1.31. The minimum Gasteiger partial charge on any atom is -0.393 e. The largest absolute Gasteiger partial charge is 0.393 e. The highest BCUT2D eigenvalue weighted by molar-refractivity contribution is 5.17. The van der Waals surface area contributed by atoms with Crippen molar-refractivity contribution in [2.45, 2.75) is 26.0 Å². The topological polar surface area (TPSA) is 23.5 Å². The van der Waals surface area contributed by atoms with Crippen LogP contribution in [0.25, 0.3) is 0 Å². The molecule has 94 valence electrons. The van der Waals surface area contributed by atoms with Gasteiger partial charge < -0.3 is 5.11 Å². The van der Waals surface area contributed by atoms with Gasteiger partial charge in [-0.05, 0) is 43.5 Å². The highest BCUT2D eigenvalue weighted by Gasteiger charge is 2.25. The highest BCUT2D eigenvalue weighted by atomic mass is 19.2. The fourth-order valence-corrected chi connectivity index (χ4v) is 2.30. The van der Waals surface area contributed by atoms with Crippen molar-refractivity contribution >= 4 is 0 Å². The minimum absolute atomic E-state index is 0.292. The van der Waals surface area contributed by atoms with Crippen LogP contribution in [0.2, 0.25) is 0 Å². The lowest BCUT2D eigenvalue weighted by Crippen LogP contribution is -2.24. The van der Waals surface area contributed by atoms with Crippen LogP contribution in [0.3, 0.4) is 0 Å². The van der Waals surface area contributed by atoms with Gasteiger partial charge in [-0.25, -0.2) is 8.78 Å². The number of benzene rings is 1. The van der Waals surface area contributed by atoms with Crippen molar-refractivity contribution in [1.29, 1.82) is 0 Å². The first-order chi connectivity index (χ1) is 8.06. The van der Waals surface area contributed by atoms with Crippen LogP contribution >= 0.6 is 0 Å². The second kappa shape index (κ2) is 5.10. The standard InChI is InChI=1S/C13H17F2NO/c1-9(17)11-4-5-16(8-11)7-10-2-3-12(14)13(15)6-10/h2-3,6,9,11,17H,4-5,7-8H2,1H3. The Kier molecular flexibility index (Phi) is 3.74. The van der Waals surface area contributed by atoms with Crippen molar-refractivity contribution in [3.05, 3.63) is 35.4 Å². The Bertz CT molecular complexity index is 395. The molecule has 2 rings (SSSR count). The molecule has 1 aliphatic rings. The lowest BCUT2D eigenvalue weighted by Gasteiger charge is -2.17. The van der Waals surface area contributed by atoms with E-state index in [4.69, 9.17) is 0 Å². The molecular formula is C13H17F2NO. The lowest BCUT2D eigenvalue weighted by molar-refractivity contribution is 0.127. The van der Waals surface area contributed by atoms with E-state index >= 15 is 0 Å². The summed E-state index contributed by atoms with van der Waals surface area (Å²) >= 11 is 0. The van der Waals surface area contributed by atoms with Crippen molar-refractivity contribution in [3.8, 4) is 0 Å².